The summed E-state index contributed by atoms with van der Waals surface area (Å²) in [5, 5.41) is 0. The van der Waals surface area contributed by atoms with Crippen LogP contribution in [0.5, 0.6) is 5.75 Å². The Kier molecular flexibility index (Phi) is 3.16. The number of anilines is 1. The third kappa shape index (κ3) is 3.36. The summed E-state index contributed by atoms with van der Waals surface area (Å²) in [5.74, 6) is -0.249. The summed E-state index contributed by atoms with van der Waals surface area (Å²) in [6, 6.07) is 4.38. The summed E-state index contributed by atoms with van der Waals surface area (Å²) >= 11 is 0. The van der Waals surface area contributed by atoms with Gasteiger partial charge >= 0.3 is 0 Å². The fourth-order valence-electron chi connectivity index (χ4n) is 1.42. The molecule has 1 aromatic rings. The van der Waals surface area contributed by atoms with Crippen LogP contribution >= 0.6 is 0 Å². The van der Waals surface area contributed by atoms with Gasteiger partial charge in [-0.3, -0.25) is 9.52 Å². The predicted molar refractivity (Wildman–Crippen MR) is 67.1 cm³/mol. The van der Waals surface area contributed by atoms with Crippen molar-refractivity contribution in [3.05, 3.63) is 23.8 Å². The van der Waals surface area contributed by atoms with Gasteiger partial charge in [0, 0.05) is 5.56 Å². The van der Waals surface area contributed by atoms with Crippen LogP contribution < -0.4 is 15.2 Å². The minimum atomic E-state index is -3.39. The highest BCUT2D eigenvalue weighted by Gasteiger charge is 2.25. The van der Waals surface area contributed by atoms with Gasteiger partial charge in [-0.1, -0.05) is 0 Å². The monoisotopic (exact) mass is 270 g/mol. The van der Waals surface area contributed by atoms with Crippen molar-refractivity contribution in [2.75, 3.05) is 11.0 Å². The van der Waals surface area contributed by atoms with Crippen molar-refractivity contribution in [2.24, 2.45) is 5.73 Å². The molecule has 1 amide bonds. The fourth-order valence-corrected chi connectivity index (χ4v) is 1.99. The van der Waals surface area contributed by atoms with Crippen LogP contribution in [0.2, 0.25) is 0 Å². The van der Waals surface area contributed by atoms with Crippen LogP contribution in [0.1, 0.15) is 23.2 Å². The van der Waals surface area contributed by atoms with E-state index >= 15 is 0 Å². The predicted octanol–water partition coefficient (Wildman–Crippen LogP) is 0.698. The smallest absolute Gasteiger partial charge is 0.248 e. The molecule has 1 aliphatic rings. The van der Waals surface area contributed by atoms with E-state index in [1.807, 2.05) is 0 Å². The van der Waals surface area contributed by atoms with Crippen LogP contribution in [-0.4, -0.2) is 26.7 Å². The van der Waals surface area contributed by atoms with Gasteiger partial charge in [0.25, 0.3) is 0 Å². The van der Waals surface area contributed by atoms with E-state index in [1.54, 1.807) is 0 Å². The summed E-state index contributed by atoms with van der Waals surface area (Å²) in [7, 11) is -3.39. The minimum Gasteiger partial charge on any atom is -0.488 e. The molecular formula is C11H14N2O4S. The van der Waals surface area contributed by atoms with Gasteiger partial charge in [0.05, 0.1) is 18.0 Å². The molecule has 18 heavy (non-hydrogen) atoms. The van der Waals surface area contributed by atoms with Crippen molar-refractivity contribution in [3.8, 4) is 5.75 Å². The Morgan fingerprint density at radius 3 is 2.61 bits per heavy atom. The lowest BCUT2D eigenvalue weighted by Crippen LogP contribution is -2.14. The zero-order chi connectivity index (χ0) is 13.3. The average molecular weight is 270 g/mol. The van der Waals surface area contributed by atoms with E-state index in [0.29, 0.717) is 11.4 Å². The highest BCUT2D eigenvalue weighted by atomic mass is 32.2. The molecule has 1 aromatic carbocycles. The molecule has 1 saturated carbocycles. The number of benzene rings is 1. The van der Waals surface area contributed by atoms with E-state index < -0.39 is 15.9 Å². The first kappa shape index (κ1) is 12.7. The zero-order valence-corrected chi connectivity index (χ0v) is 10.7. The molecule has 0 heterocycles. The van der Waals surface area contributed by atoms with Gasteiger partial charge in [-0.05, 0) is 31.0 Å². The van der Waals surface area contributed by atoms with Crippen LogP contribution in [-0.2, 0) is 10.0 Å². The van der Waals surface area contributed by atoms with Crippen molar-refractivity contribution >= 4 is 21.6 Å². The number of hydrogen-bond acceptors (Lipinski definition) is 4. The number of nitrogens with two attached hydrogens (primary N) is 1. The maximum absolute atomic E-state index is 11.2. The molecule has 1 fully saturated rings. The Morgan fingerprint density at radius 1 is 1.44 bits per heavy atom. The third-order valence-corrected chi connectivity index (χ3v) is 2.97. The molecule has 0 spiro atoms. The molecule has 0 unspecified atom stereocenters. The van der Waals surface area contributed by atoms with Gasteiger partial charge in [0.15, 0.2) is 0 Å². The lowest BCUT2D eigenvalue weighted by Gasteiger charge is -2.12. The molecule has 3 N–H and O–H groups in total. The van der Waals surface area contributed by atoms with E-state index in [-0.39, 0.29) is 11.7 Å². The Morgan fingerprint density at radius 2 is 2.11 bits per heavy atom. The zero-order valence-electron chi connectivity index (χ0n) is 9.84. The van der Waals surface area contributed by atoms with E-state index in [4.69, 9.17) is 10.5 Å². The number of ether oxygens (including phenoxy) is 1. The fraction of sp³-hybridized carbons (Fsp3) is 0.364. The van der Waals surface area contributed by atoms with Crippen LogP contribution in [0.25, 0.3) is 0 Å². The SMILES string of the molecule is CS(=O)(=O)Nc1ccc(C(N)=O)cc1OC1CC1. The molecule has 7 heteroatoms. The van der Waals surface area contributed by atoms with Gasteiger partial charge in [0.1, 0.15) is 5.75 Å². The topological polar surface area (TPSA) is 98.5 Å². The molecule has 1 aliphatic carbocycles. The molecule has 0 saturated heterocycles. The molecule has 6 nitrogen and oxygen atoms in total. The first-order valence-corrected chi connectivity index (χ1v) is 7.32. The van der Waals surface area contributed by atoms with Crippen molar-refractivity contribution in [1.29, 1.82) is 0 Å². The summed E-state index contributed by atoms with van der Waals surface area (Å²) in [6.45, 7) is 0. The van der Waals surface area contributed by atoms with Gasteiger partial charge in [-0.2, -0.15) is 0 Å². The second-order valence-corrected chi connectivity index (χ2v) is 6.02. The Hall–Kier alpha value is -1.76. The maximum Gasteiger partial charge on any atom is 0.248 e. The van der Waals surface area contributed by atoms with Crippen LogP contribution in [0.15, 0.2) is 18.2 Å². The normalized spacial score (nSPS) is 15.2. The van der Waals surface area contributed by atoms with Gasteiger partial charge < -0.3 is 10.5 Å². The number of carbonyl (C=O) groups excluding carboxylic acids is 1. The molecule has 0 bridgehead atoms. The summed E-state index contributed by atoms with van der Waals surface area (Å²) < 4.78 is 30.3. The number of carbonyl (C=O) groups is 1. The first-order chi connectivity index (χ1) is 8.35. The quantitative estimate of drug-likeness (QED) is 0.822. The highest BCUT2D eigenvalue weighted by Crippen LogP contribution is 2.33. The molecule has 0 radical (unpaired) electrons. The van der Waals surface area contributed by atoms with Crippen LogP contribution in [0.4, 0.5) is 5.69 Å². The number of rotatable bonds is 5. The lowest BCUT2D eigenvalue weighted by molar-refractivity contribution is 0.1000. The number of primary amides is 1. The maximum atomic E-state index is 11.2. The highest BCUT2D eigenvalue weighted by molar-refractivity contribution is 7.92. The van der Waals surface area contributed by atoms with E-state index in [9.17, 15) is 13.2 Å². The minimum absolute atomic E-state index is 0.0910. The number of hydrogen-bond donors (Lipinski definition) is 2. The second-order valence-electron chi connectivity index (χ2n) is 4.27. The molecule has 0 atom stereocenters. The van der Waals surface area contributed by atoms with Crippen molar-refractivity contribution < 1.29 is 17.9 Å². The largest absolute Gasteiger partial charge is 0.488 e. The van der Waals surface area contributed by atoms with Crippen LogP contribution in [0.3, 0.4) is 0 Å². The lowest BCUT2D eigenvalue weighted by atomic mass is 10.2. The Bertz CT molecular complexity index is 579. The van der Waals surface area contributed by atoms with E-state index in [2.05, 4.69) is 4.72 Å². The van der Waals surface area contributed by atoms with E-state index in [0.717, 1.165) is 19.1 Å². The van der Waals surface area contributed by atoms with Gasteiger partial charge in [-0.15, -0.1) is 0 Å². The van der Waals surface area contributed by atoms with Crippen molar-refractivity contribution in [2.45, 2.75) is 18.9 Å². The number of nitrogens with one attached hydrogen (secondary N) is 1. The average Bonchev–Trinajstić information content (AvgIpc) is 3.02. The number of amides is 1. The van der Waals surface area contributed by atoms with E-state index in [1.165, 1.54) is 18.2 Å². The molecule has 0 aliphatic heterocycles. The van der Waals surface area contributed by atoms with Crippen molar-refractivity contribution in [3.63, 3.8) is 0 Å². The summed E-state index contributed by atoms with van der Waals surface area (Å²) in [6.07, 6.45) is 3.00. The summed E-state index contributed by atoms with van der Waals surface area (Å²) in [5.41, 5.74) is 5.77. The molecule has 98 valence electrons. The number of sulfonamides is 1. The van der Waals surface area contributed by atoms with Crippen molar-refractivity contribution in [1.82, 2.24) is 0 Å². The van der Waals surface area contributed by atoms with Gasteiger partial charge in [0.2, 0.25) is 15.9 Å². The third-order valence-electron chi connectivity index (χ3n) is 2.38. The summed E-state index contributed by atoms with van der Waals surface area (Å²) in [4.78, 5) is 11.1. The standard InChI is InChI=1S/C11H14N2O4S/c1-18(15,16)13-9-5-2-7(11(12)14)6-10(9)17-8-3-4-8/h2,5-6,8,13H,3-4H2,1H3,(H2,12,14). The molecular weight excluding hydrogens is 256 g/mol. The Labute approximate surface area is 105 Å². The first-order valence-electron chi connectivity index (χ1n) is 5.43. The van der Waals surface area contributed by atoms with Gasteiger partial charge in [-0.25, -0.2) is 8.42 Å². The molecule has 2 rings (SSSR count). The molecule has 0 aromatic heterocycles. The Balaban J connectivity index is 2.34. The second kappa shape index (κ2) is 4.49. The van der Waals surface area contributed by atoms with Crippen LogP contribution in [0, 0.1) is 0 Å².